The van der Waals surface area contributed by atoms with Gasteiger partial charge in [-0.1, -0.05) is 62.4 Å². The maximum atomic E-state index is 12.5. The average molecular weight is 451 g/mol. The Morgan fingerprint density at radius 3 is 2.15 bits per heavy atom. The summed E-state index contributed by atoms with van der Waals surface area (Å²) in [6, 6.07) is 16.4. The molecule has 0 radical (unpaired) electrons. The summed E-state index contributed by atoms with van der Waals surface area (Å²) >= 11 is 0. The highest BCUT2D eigenvalue weighted by Gasteiger charge is 2.36. The van der Waals surface area contributed by atoms with Gasteiger partial charge in [0.1, 0.15) is 6.61 Å². The third-order valence-corrected chi connectivity index (χ3v) is 6.82. The van der Waals surface area contributed by atoms with E-state index < -0.39 is 18.0 Å². The zero-order valence-corrected chi connectivity index (χ0v) is 19.0. The molecule has 2 aromatic carbocycles. The van der Waals surface area contributed by atoms with Crippen LogP contribution >= 0.6 is 0 Å². The van der Waals surface area contributed by atoms with Crippen molar-refractivity contribution in [1.29, 1.82) is 0 Å². The third kappa shape index (κ3) is 4.87. The van der Waals surface area contributed by atoms with Crippen molar-refractivity contribution in [2.75, 3.05) is 26.2 Å². The van der Waals surface area contributed by atoms with E-state index in [1.807, 2.05) is 38.1 Å². The van der Waals surface area contributed by atoms with Gasteiger partial charge in [0.25, 0.3) is 0 Å². The summed E-state index contributed by atoms with van der Waals surface area (Å²) in [7, 11) is 0. The zero-order chi connectivity index (χ0) is 23.5. The minimum Gasteiger partial charge on any atom is -0.481 e. The van der Waals surface area contributed by atoms with Crippen molar-refractivity contribution >= 4 is 18.0 Å². The fraction of sp³-hybridized carbons (Fsp3) is 0.423. The Morgan fingerprint density at radius 1 is 1.03 bits per heavy atom. The number of nitrogens with zero attached hydrogens (tertiary/aromatic N) is 1. The maximum Gasteiger partial charge on any atom is 0.407 e. The monoisotopic (exact) mass is 450 g/mol. The molecular formula is C26H30N2O5. The molecule has 1 unspecified atom stereocenters. The first-order chi connectivity index (χ1) is 15.8. The first-order valence-electron chi connectivity index (χ1n) is 11.4. The first-order valence-corrected chi connectivity index (χ1v) is 11.4. The summed E-state index contributed by atoms with van der Waals surface area (Å²) in [6.45, 7) is 5.12. The predicted molar refractivity (Wildman–Crippen MR) is 124 cm³/mol. The Bertz CT molecular complexity index is 999. The van der Waals surface area contributed by atoms with Crippen LogP contribution in [0.2, 0.25) is 0 Å². The lowest BCUT2D eigenvalue weighted by atomic mass is 9.90. The van der Waals surface area contributed by atoms with Crippen LogP contribution in [0.1, 0.15) is 37.3 Å². The van der Waals surface area contributed by atoms with Crippen molar-refractivity contribution in [2.24, 2.45) is 17.8 Å². The topological polar surface area (TPSA) is 95.9 Å². The molecular weight excluding hydrogens is 420 g/mol. The fourth-order valence-corrected chi connectivity index (χ4v) is 4.60. The molecule has 2 aliphatic rings. The quantitative estimate of drug-likeness (QED) is 0.639. The lowest BCUT2D eigenvalue weighted by Gasteiger charge is -2.37. The summed E-state index contributed by atoms with van der Waals surface area (Å²) in [5.74, 6) is -1.28. The SMILES string of the molecule is CC(C)C(CNC(=O)OCC1c2ccccc2-c2ccccc21)CC(=O)N1CC(C(=O)O)C1. The smallest absolute Gasteiger partial charge is 0.407 e. The Morgan fingerprint density at radius 2 is 1.61 bits per heavy atom. The Labute approximate surface area is 193 Å². The van der Waals surface area contributed by atoms with Gasteiger partial charge in [0.15, 0.2) is 0 Å². The summed E-state index contributed by atoms with van der Waals surface area (Å²) in [5, 5.41) is 11.8. The molecule has 174 valence electrons. The minimum atomic E-state index is -0.864. The first kappa shape index (κ1) is 22.8. The van der Waals surface area contributed by atoms with E-state index in [-0.39, 0.29) is 49.8 Å². The number of hydrogen-bond acceptors (Lipinski definition) is 4. The average Bonchev–Trinajstić information content (AvgIpc) is 3.07. The highest BCUT2D eigenvalue weighted by atomic mass is 16.5. The van der Waals surface area contributed by atoms with E-state index in [0.29, 0.717) is 6.54 Å². The molecule has 0 spiro atoms. The van der Waals surface area contributed by atoms with Crippen molar-refractivity contribution in [3.63, 3.8) is 0 Å². The van der Waals surface area contributed by atoms with Crippen molar-refractivity contribution in [3.05, 3.63) is 59.7 Å². The molecule has 1 heterocycles. The second-order valence-corrected chi connectivity index (χ2v) is 9.25. The predicted octanol–water partition coefficient (Wildman–Crippen LogP) is 3.73. The van der Waals surface area contributed by atoms with Crippen LogP contribution in [0.25, 0.3) is 11.1 Å². The fourth-order valence-electron chi connectivity index (χ4n) is 4.60. The van der Waals surface area contributed by atoms with Gasteiger partial charge in [-0.25, -0.2) is 4.79 Å². The molecule has 1 saturated heterocycles. The number of aliphatic carboxylic acids is 1. The number of alkyl carbamates (subject to hydrolysis) is 1. The lowest BCUT2D eigenvalue weighted by Crippen LogP contribution is -2.53. The molecule has 4 rings (SSSR count). The second kappa shape index (κ2) is 9.65. The van der Waals surface area contributed by atoms with Crippen LogP contribution in [0.3, 0.4) is 0 Å². The van der Waals surface area contributed by atoms with Gasteiger partial charge in [0, 0.05) is 32.0 Å². The molecule has 0 bridgehead atoms. The van der Waals surface area contributed by atoms with E-state index >= 15 is 0 Å². The highest BCUT2D eigenvalue weighted by Crippen LogP contribution is 2.44. The molecule has 2 aromatic rings. The van der Waals surface area contributed by atoms with Crippen LogP contribution in [-0.2, 0) is 14.3 Å². The number of amides is 2. The minimum absolute atomic E-state index is 0.000721. The molecule has 0 saturated carbocycles. The molecule has 7 heteroatoms. The molecule has 1 atom stereocenters. The van der Waals surface area contributed by atoms with Crippen LogP contribution in [0, 0.1) is 17.8 Å². The van der Waals surface area contributed by atoms with Gasteiger partial charge in [0.2, 0.25) is 5.91 Å². The molecule has 2 N–H and O–H groups in total. The van der Waals surface area contributed by atoms with Crippen LogP contribution in [0.15, 0.2) is 48.5 Å². The molecule has 1 fully saturated rings. The van der Waals surface area contributed by atoms with Crippen molar-refractivity contribution in [1.82, 2.24) is 10.2 Å². The maximum absolute atomic E-state index is 12.5. The number of carboxylic acids is 1. The van der Waals surface area contributed by atoms with E-state index in [0.717, 1.165) is 11.1 Å². The number of benzene rings is 2. The van der Waals surface area contributed by atoms with Gasteiger partial charge in [-0.15, -0.1) is 0 Å². The van der Waals surface area contributed by atoms with Gasteiger partial charge in [0.05, 0.1) is 5.92 Å². The Hall–Kier alpha value is -3.35. The van der Waals surface area contributed by atoms with E-state index in [1.165, 1.54) is 11.1 Å². The number of carbonyl (C=O) groups excluding carboxylic acids is 2. The number of likely N-dealkylation sites (tertiary alicyclic amines) is 1. The van der Waals surface area contributed by atoms with Crippen molar-refractivity contribution in [2.45, 2.75) is 26.2 Å². The largest absolute Gasteiger partial charge is 0.481 e. The second-order valence-electron chi connectivity index (χ2n) is 9.25. The van der Waals surface area contributed by atoms with E-state index in [4.69, 9.17) is 9.84 Å². The molecule has 7 nitrogen and oxygen atoms in total. The number of rotatable bonds is 8. The van der Waals surface area contributed by atoms with Crippen LogP contribution in [0.5, 0.6) is 0 Å². The van der Waals surface area contributed by atoms with Crippen LogP contribution in [-0.4, -0.2) is 54.2 Å². The van der Waals surface area contributed by atoms with E-state index in [1.54, 1.807) is 4.90 Å². The van der Waals surface area contributed by atoms with Gasteiger partial charge < -0.3 is 20.1 Å². The van der Waals surface area contributed by atoms with Gasteiger partial charge in [-0.05, 0) is 34.1 Å². The Balaban J connectivity index is 1.29. The van der Waals surface area contributed by atoms with Crippen LogP contribution < -0.4 is 5.32 Å². The number of nitrogens with one attached hydrogen (secondary N) is 1. The zero-order valence-electron chi connectivity index (χ0n) is 19.0. The summed E-state index contributed by atoms with van der Waals surface area (Å²) in [4.78, 5) is 37.5. The number of ether oxygens (including phenoxy) is 1. The normalized spacial score (nSPS) is 16.0. The summed E-state index contributed by atoms with van der Waals surface area (Å²) in [5.41, 5.74) is 4.67. The third-order valence-electron chi connectivity index (χ3n) is 6.82. The Kier molecular flexibility index (Phi) is 6.67. The van der Waals surface area contributed by atoms with Crippen LogP contribution in [0.4, 0.5) is 4.79 Å². The highest BCUT2D eigenvalue weighted by molar-refractivity contribution is 5.81. The molecule has 1 aliphatic carbocycles. The van der Waals surface area contributed by atoms with Gasteiger partial charge in [-0.2, -0.15) is 0 Å². The standard InChI is InChI=1S/C26H30N2O5/c1-16(2)17(11-24(29)28-13-18(14-28)25(30)31)12-27-26(32)33-15-23-21-9-5-3-7-19(21)20-8-4-6-10-22(20)23/h3-10,16-18,23H,11-15H2,1-2H3,(H,27,32)(H,30,31). The lowest BCUT2D eigenvalue weighted by molar-refractivity contribution is -0.153. The molecule has 33 heavy (non-hydrogen) atoms. The van der Waals surface area contributed by atoms with Gasteiger partial charge >= 0.3 is 12.1 Å². The summed E-state index contributed by atoms with van der Waals surface area (Å²) in [6.07, 6.45) is -0.224. The van der Waals surface area contributed by atoms with Crippen molar-refractivity contribution in [3.8, 4) is 11.1 Å². The summed E-state index contributed by atoms with van der Waals surface area (Å²) < 4.78 is 5.58. The van der Waals surface area contributed by atoms with E-state index in [9.17, 15) is 14.4 Å². The number of fused-ring (bicyclic) bond motifs is 3. The molecule has 1 aliphatic heterocycles. The molecule has 2 amide bonds. The van der Waals surface area contributed by atoms with E-state index in [2.05, 4.69) is 29.6 Å². The number of carboxylic acid groups (broad SMARTS) is 1. The van der Waals surface area contributed by atoms with Crippen molar-refractivity contribution < 1.29 is 24.2 Å². The molecule has 0 aromatic heterocycles. The van der Waals surface area contributed by atoms with Gasteiger partial charge in [-0.3, -0.25) is 9.59 Å². The number of carbonyl (C=O) groups is 3. The number of hydrogen-bond donors (Lipinski definition) is 2.